The fourth-order valence-corrected chi connectivity index (χ4v) is 1.70. The van der Waals surface area contributed by atoms with Gasteiger partial charge in [0, 0.05) is 13.1 Å². The standard InChI is InChI=1S/C13H17F9N2O4/c14-7-10(15,16)11(17,18)12(19,20)13(21,22)28-9(27)24-6-4-2-1-3-5-23-8(25)26/h23H,1-7H2,(H,24,27)(H,25,26). The number of carbonyl (C=O) groups excluding carboxylic acids is 1. The molecule has 166 valence electrons. The zero-order valence-electron chi connectivity index (χ0n) is 14.0. The average Bonchev–Trinajstić information content (AvgIpc) is 2.55. The predicted molar refractivity (Wildman–Crippen MR) is 74.7 cm³/mol. The van der Waals surface area contributed by atoms with Crippen LogP contribution in [-0.2, 0) is 4.74 Å². The number of nitrogens with one attached hydrogen (secondary N) is 2. The Hall–Kier alpha value is -2.09. The van der Waals surface area contributed by atoms with Crippen LogP contribution in [0.4, 0.5) is 49.1 Å². The van der Waals surface area contributed by atoms with Crippen molar-refractivity contribution >= 4 is 12.2 Å². The molecule has 0 aromatic heterocycles. The lowest BCUT2D eigenvalue weighted by molar-refractivity contribution is -0.414. The van der Waals surface area contributed by atoms with Crippen molar-refractivity contribution in [2.75, 3.05) is 19.8 Å². The lowest BCUT2D eigenvalue weighted by atomic mass is 10.0. The van der Waals surface area contributed by atoms with Crippen molar-refractivity contribution in [3.8, 4) is 0 Å². The third kappa shape index (κ3) is 6.51. The highest BCUT2D eigenvalue weighted by Crippen LogP contribution is 2.53. The summed E-state index contributed by atoms with van der Waals surface area (Å²) in [6.07, 6.45) is -8.60. The summed E-state index contributed by atoms with van der Waals surface area (Å²) < 4.78 is 118. The average molecular weight is 436 g/mol. The smallest absolute Gasteiger partial charge is 0.465 e. The van der Waals surface area contributed by atoms with Gasteiger partial charge in [0.25, 0.3) is 0 Å². The number of unbranched alkanes of at least 4 members (excludes halogenated alkanes) is 3. The Morgan fingerprint density at radius 3 is 1.68 bits per heavy atom. The molecule has 6 nitrogen and oxygen atoms in total. The van der Waals surface area contributed by atoms with Gasteiger partial charge in [0.15, 0.2) is 6.67 Å². The fraction of sp³-hybridized carbons (Fsp3) is 0.846. The van der Waals surface area contributed by atoms with E-state index in [9.17, 15) is 49.1 Å². The molecule has 0 unspecified atom stereocenters. The van der Waals surface area contributed by atoms with E-state index in [0.717, 1.165) is 0 Å². The van der Waals surface area contributed by atoms with Gasteiger partial charge in [0.05, 0.1) is 0 Å². The van der Waals surface area contributed by atoms with Crippen LogP contribution in [0.2, 0.25) is 0 Å². The molecule has 2 amide bonds. The molecular formula is C13H17F9N2O4. The Labute approximate surface area is 152 Å². The number of amides is 2. The maximum atomic E-state index is 13.2. The normalized spacial score (nSPS) is 13.2. The van der Waals surface area contributed by atoms with E-state index < -0.39 is 49.3 Å². The highest BCUT2D eigenvalue weighted by Gasteiger charge is 2.82. The third-order valence-electron chi connectivity index (χ3n) is 3.26. The second-order valence-electron chi connectivity index (χ2n) is 5.47. The summed E-state index contributed by atoms with van der Waals surface area (Å²) in [4.78, 5) is 21.2. The van der Waals surface area contributed by atoms with Gasteiger partial charge in [-0.3, -0.25) is 0 Å². The van der Waals surface area contributed by atoms with Crippen LogP contribution in [0.1, 0.15) is 25.7 Å². The van der Waals surface area contributed by atoms with Gasteiger partial charge in [-0.25, -0.2) is 14.0 Å². The van der Waals surface area contributed by atoms with Gasteiger partial charge in [-0.1, -0.05) is 12.8 Å². The van der Waals surface area contributed by atoms with Gasteiger partial charge in [-0.15, -0.1) is 0 Å². The molecule has 0 aliphatic carbocycles. The first-order chi connectivity index (χ1) is 12.6. The molecule has 0 aliphatic heterocycles. The molecule has 28 heavy (non-hydrogen) atoms. The van der Waals surface area contributed by atoms with Crippen molar-refractivity contribution in [3.63, 3.8) is 0 Å². The third-order valence-corrected chi connectivity index (χ3v) is 3.26. The largest absolute Gasteiger partial charge is 0.474 e. The number of rotatable bonds is 12. The highest BCUT2D eigenvalue weighted by atomic mass is 19.4. The number of alkyl carbamates (subject to hydrolysis) is 1. The van der Waals surface area contributed by atoms with Crippen LogP contribution in [0.5, 0.6) is 0 Å². The molecule has 0 heterocycles. The first-order valence-electron chi connectivity index (χ1n) is 7.63. The van der Waals surface area contributed by atoms with E-state index in [0.29, 0.717) is 19.3 Å². The molecule has 0 fully saturated rings. The van der Waals surface area contributed by atoms with Crippen molar-refractivity contribution in [2.24, 2.45) is 0 Å². The fourth-order valence-electron chi connectivity index (χ4n) is 1.70. The first-order valence-corrected chi connectivity index (χ1v) is 7.63. The molecular weight excluding hydrogens is 419 g/mol. The molecule has 0 saturated carbocycles. The number of alkyl halides is 9. The monoisotopic (exact) mass is 436 g/mol. The molecule has 0 aromatic carbocycles. The topological polar surface area (TPSA) is 87.7 Å². The van der Waals surface area contributed by atoms with Gasteiger partial charge < -0.3 is 20.5 Å². The second kappa shape index (κ2) is 9.91. The number of halogens is 9. The van der Waals surface area contributed by atoms with E-state index in [1.54, 1.807) is 0 Å². The van der Waals surface area contributed by atoms with E-state index in [-0.39, 0.29) is 13.0 Å². The Bertz CT molecular complexity index is 532. The maximum absolute atomic E-state index is 13.2. The molecule has 0 aromatic rings. The summed E-state index contributed by atoms with van der Waals surface area (Å²) in [5, 5.41) is 11.9. The van der Waals surface area contributed by atoms with Crippen molar-refractivity contribution in [1.82, 2.24) is 10.6 Å². The van der Waals surface area contributed by atoms with Gasteiger partial charge in [0.1, 0.15) is 0 Å². The number of hydrogen-bond donors (Lipinski definition) is 3. The summed E-state index contributed by atoms with van der Waals surface area (Å²) >= 11 is 0. The Balaban J connectivity index is 4.52. The number of carbonyl (C=O) groups is 2. The molecule has 0 saturated heterocycles. The van der Waals surface area contributed by atoms with Crippen LogP contribution >= 0.6 is 0 Å². The maximum Gasteiger partial charge on any atom is 0.474 e. The number of hydrogen-bond acceptors (Lipinski definition) is 3. The van der Waals surface area contributed by atoms with E-state index in [1.807, 2.05) is 0 Å². The van der Waals surface area contributed by atoms with Crippen LogP contribution in [0, 0.1) is 0 Å². The van der Waals surface area contributed by atoms with E-state index in [1.165, 1.54) is 5.32 Å². The Kier molecular flexibility index (Phi) is 9.17. The van der Waals surface area contributed by atoms with E-state index in [4.69, 9.17) is 5.11 Å². The van der Waals surface area contributed by atoms with Crippen molar-refractivity contribution < 1.29 is 58.9 Å². The summed E-state index contributed by atoms with van der Waals surface area (Å²) in [6.45, 7) is -3.63. The summed E-state index contributed by atoms with van der Waals surface area (Å²) in [5.41, 5.74) is 0. The molecule has 0 rings (SSSR count). The van der Waals surface area contributed by atoms with Gasteiger partial charge in [-0.2, -0.15) is 35.1 Å². The SMILES string of the molecule is O=C(O)NCCCCCCNC(=O)OC(F)(F)C(F)(F)C(F)(F)C(F)(F)CF. The molecule has 15 heteroatoms. The van der Waals surface area contributed by atoms with Crippen molar-refractivity contribution in [1.29, 1.82) is 0 Å². The van der Waals surface area contributed by atoms with Gasteiger partial charge in [-0.05, 0) is 12.8 Å². The van der Waals surface area contributed by atoms with Crippen LogP contribution in [0.25, 0.3) is 0 Å². The molecule has 0 atom stereocenters. The number of ether oxygens (including phenoxy) is 1. The lowest BCUT2D eigenvalue weighted by Gasteiger charge is -2.34. The highest BCUT2D eigenvalue weighted by molar-refractivity contribution is 5.67. The van der Waals surface area contributed by atoms with Crippen molar-refractivity contribution in [3.05, 3.63) is 0 Å². The van der Waals surface area contributed by atoms with Gasteiger partial charge >= 0.3 is 36.1 Å². The lowest BCUT2D eigenvalue weighted by Crippen LogP contribution is -2.64. The molecule has 0 spiro atoms. The zero-order chi connectivity index (χ0) is 22.2. The van der Waals surface area contributed by atoms with Crippen LogP contribution in [0.3, 0.4) is 0 Å². The van der Waals surface area contributed by atoms with Crippen LogP contribution < -0.4 is 10.6 Å². The van der Waals surface area contributed by atoms with Gasteiger partial charge in [0.2, 0.25) is 0 Å². The van der Waals surface area contributed by atoms with Crippen molar-refractivity contribution in [2.45, 2.75) is 49.6 Å². The minimum Gasteiger partial charge on any atom is -0.465 e. The Morgan fingerprint density at radius 1 is 0.786 bits per heavy atom. The van der Waals surface area contributed by atoms with Crippen LogP contribution in [-0.4, -0.2) is 60.9 Å². The molecule has 0 bridgehead atoms. The predicted octanol–water partition coefficient (Wildman–Crippen LogP) is 4.01. The summed E-state index contributed by atoms with van der Waals surface area (Å²) in [5.74, 6) is -19.9. The second-order valence-corrected chi connectivity index (χ2v) is 5.47. The summed E-state index contributed by atoms with van der Waals surface area (Å²) in [7, 11) is 0. The zero-order valence-corrected chi connectivity index (χ0v) is 14.0. The minimum absolute atomic E-state index is 0.0974. The molecule has 3 N–H and O–H groups in total. The molecule has 0 radical (unpaired) electrons. The molecule has 0 aliphatic rings. The quantitative estimate of drug-likeness (QED) is 0.319. The van der Waals surface area contributed by atoms with E-state index in [2.05, 4.69) is 10.1 Å². The van der Waals surface area contributed by atoms with Crippen LogP contribution in [0.15, 0.2) is 0 Å². The first kappa shape index (κ1) is 25.9. The summed E-state index contributed by atoms with van der Waals surface area (Å²) in [6, 6.07) is 0. The van der Waals surface area contributed by atoms with E-state index >= 15 is 0 Å². The Morgan fingerprint density at radius 2 is 1.25 bits per heavy atom. The minimum atomic E-state index is -6.90. The number of carboxylic acid groups (broad SMARTS) is 1.